The van der Waals surface area contributed by atoms with Crippen LogP contribution in [0.4, 0.5) is 0 Å². The molecule has 0 saturated heterocycles. The van der Waals surface area contributed by atoms with Crippen molar-refractivity contribution < 1.29 is 42.1 Å². The van der Waals surface area contributed by atoms with E-state index >= 15 is 0 Å². The quantitative estimate of drug-likeness (QED) is 0.0211. The smallest absolute Gasteiger partial charge is 0.462 e. The number of ether oxygens (including phenoxy) is 2. The monoisotopic (exact) mass is 1090 g/mol. The van der Waals surface area contributed by atoms with Gasteiger partial charge in [0.2, 0.25) is 0 Å². The Kier molecular flexibility index (Phi) is 56.1. The minimum atomic E-state index is -4.39. The van der Waals surface area contributed by atoms with E-state index < -0.39 is 26.5 Å². The highest BCUT2D eigenvalue weighted by Crippen LogP contribution is 2.43. The van der Waals surface area contributed by atoms with Gasteiger partial charge in [0.15, 0.2) is 6.10 Å². The van der Waals surface area contributed by atoms with Gasteiger partial charge in [-0.2, -0.15) is 0 Å². The number of unbranched alkanes of at least 4 members (excludes halogenated alkanes) is 38. The van der Waals surface area contributed by atoms with E-state index in [2.05, 4.69) is 62.5 Å². The highest BCUT2D eigenvalue weighted by Gasteiger charge is 2.27. The lowest BCUT2D eigenvalue weighted by Crippen LogP contribution is -2.37. The molecule has 0 fully saturated rings. The molecule has 1 N–H and O–H groups in total. The summed E-state index contributed by atoms with van der Waals surface area (Å²) in [5.74, 6) is -0.788. The van der Waals surface area contributed by atoms with Crippen molar-refractivity contribution in [3.8, 4) is 0 Å². The topological polar surface area (TPSA) is 108 Å². The average molecular weight is 1090 g/mol. The highest BCUT2D eigenvalue weighted by atomic mass is 31.2. The Morgan fingerprint density at radius 3 is 1.12 bits per heavy atom. The molecule has 0 amide bonds. The van der Waals surface area contributed by atoms with Gasteiger partial charge in [-0.15, -0.1) is 0 Å². The van der Waals surface area contributed by atoms with Crippen LogP contribution in [0.1, 0.15) is 309 Å². The van der Waals surface area contributed by atoms with Crippen molar-refractivity contribution in [1.82, 2.24) is 0 Å². The van der Waals surface area contributed by atoms with Crippen molar-refractivity contribution >= 4 is 19.8 Å². The second-order valence-corrected chi connectivity index (χ2v) is 24.6. The first-order chi connectivity index (χ1) is 37.0. The maximum absolute atomic E-state index is 12.8. The number of allylic oxidation sites excluding steroid dienone is 8. The molecule has 9 nitrogen and oxygen atoms in total. The maximum atomic E-state index is 12.8. The standard InChI is InChI=1S/C66H124NO8P/c1-6-8-10-12-14-16-18-20-22-24-26-28-30-31-32-33-34-35-37-38-40-42-44-46-48-50-52-54-56-58-65(68)72-62-64(63-74-76(70,71)73-61-60-67(3,4)5)75-66(69)59-57-55-53-51-49-47-45-43-41-39-36-29-27-25-23-21-19-17-15-13-11-9-7-2/h9,11,15,17,21,23,27,29,64H,6-8,10,12-14,16,18-20,22,24-26,28,30-63H2,1-5H3/p+1/b11-9-,17-15-,23-21-,29-27-. The van der Waals surface area contributed by atoms with E-state index in [9.17, 15) is 19.0 Å². The molecule has 0 aromatic carbocycles. The lowest BCUT2D eigenvalue weighted by atomic mass is 10.0. The van der Waals surface area contributed by atoms with Crippen LogP contribution in [0.2, 0.25) is 0 Å². The third kappa shape index (κ3) is 61.2. The zero-order valence-electron chi connectivity index (χ0n) is 50.8. The summed E-state index contributed by atoms with van der Waals surface area (Å²) in [6.45, 7) is 4.37. The van der Waals surface area contributed by atoms with Gasteiger partial charge in [-0.3, -0.25) is 18.6 Å². The number of esters is 2. The highest BCUT2D eigenvalue weighted by molar-refractivity contribution is 7.47. The summed E-state index contributed by atoms with van der Waals surface area (Å²) >= 11 is 0. The Bertz CT molecular complexity index is 1420. The van der Waals surface area contributed by atoms with Gasteiger partial charge in [0.05, 0.1) is 27.7 Å². The van der Waals surface area contributed by atoms with Crippen LogP contribution < -0.4 is 0 Å². The third-order valence-electron chi connectivity index (χ3n) is 14.4. The van der Waals surface area contributed by atoms with Crippen molar-refractivity contribution in [2.75, 3.05) is 47.5 Å². The normalized spacial score (nSPS) is 13.5. The summed E-state index contributed by atoms with van der Waals surface area (Å²) in [6.07, 6.45) is 73.5. The van der Waals surface area contributed by atoms with Gasteiger partial charge in [-0.25, -0.2) is 4.57 Å². The summed E-state index contributed by atoms with van der Waals surface area (Å²) in [5, 5.41) is 0. The van der Waals surface area contributed by atoms with Crippen molar-refractivity contribution in [3.63, 3.8) is 0 Å². The van der Waals surface area contributed by atoms with Gasteiger partial charge in [0.25, 0.3) is 0 Å². The fourth-order valence-electron chi connectivity index (χ4n) is 9.42. The molecule has 446 valence electrons. The lowest BCUT2D eigenvalue weighted by Gasteiger charge is -2.24. The molecule has 0 heterocycles. The Morgan fingerprint density at radius 2 is 0.750 bits per heavy atom. The molecular formula is C66H125NO8P+. The Morgan fingerprint density at radius 1 is 0.421 bits per heavy atom. The van der Waals surface area contributed by atoms with Crippen LogP contribution in [0.3, 0.4) is 0 Å². The molecule has 76 heavy (non-hydrogen) atoms. The Balaban J connectivity index is 4.05. The number of rotatable bonds is 60. The molecule has 2 unspecified atom stereocenters. The fourth-order valence-corrected chi connectivity index (χ4v) is 10.2. The molecule has 0 aliphatic carbocycles. The first-order valence-corrected chi connectivity index (χ1v) is 33.9. The summed E-state index contributed by atoms with van der Waals surface area (Å²) in [5.41, 5.74) is 0. The minimum absolute atomic E-state index is 0.0314. The van der Waals surface area contributed by atoms with Gasteiger partial charge in [0, 0.05) is 12.8 Å². The van der Waals surface area contributed by atoms with Crippen molar-refractivity contribution in [1.29, 1.82) is 0 Å². The summed E-state index contributed by atoms with van der Waals surface area (Å²) in [4.78, 5) is 35.8. The van der Waals surface area contributed by atoms with Crippen molar-refractivity contribution in [2.45, 2.75) is 315 Å². The number of nitrogens with zero attached hydrogens (tertiary/aromatic N) is 1. The summed E-state index contributed by atoms with van der Waals surface area (Å²) < 4.78 is 34.7. The molecule has 0 rings (SSSR count). The molecule has 0 aliphatic heterocycles. The van der Waals surface area contributed by atoms with Crippen molar-refractivity contribution in [3.05, 3.63) is 48.6 Å². The van der Waals surface area contributed by atoms with E-state index in [4.69, 9.17) is 18.5 Å². The van der Waals surface area contributed by atoms with E-state index in [0.29, 0.717) is 23.9 Å². The Labute approximate surface area is 471 Å². The zero-order valence-corrected chi connectivity index (χ0v) is 51.6. The van der Waals surface area contributed by atoms with Gasteiger partial charge < -0.3 is 18.9 Å². The molecular weight excluding hydrogens is 966 g/mol. The largest absolute Gasteiger partial charge is 0.472 e. The van der Waals surface area contributed by atoms with Gasteiger partial charge in [-0.05, 0) is 51.4 Å². The second-order valence-electron chi connectivity index (χ2n) is 23.1. The molecule has 10 heteroatoms. The first-order valence-electron chi connectivity index (χ1n) is 32.4. The van der Waals surface area contributed by atoms with Crippen LogP contribution in [-0.4, -0.2) is 74.9 Å². The number of carbonyl (C=O) groups excluding carboxylic acids is 2. The zero-order chi connectivity index (χ0) is 55.6. The van der Waals surface area contributed by atoms with Crippen LogP contribution >= 0.6 is 7.82 Å². The van der Waals surface area contributed by atoms with E-state index in [0.717, 1.165) is 70.6 Å². The van der Waals surface area contributed by atoms with Crippen LogP contribution in [0, 0.1) is 0 Å². The average Bonchev–Trinajstić information content (AvgIpc) is 3.38. The van der Waals surface area contributed by atoms with Crippen LogP contribution in [-0.2, 0) is 32.7 Å². The first kappa shape index (κ1) is 74.0. The molecule has 0 aromatic heterocycles. The lowest BCUT2D eigenvalue weighted by molar-refractivity contribution is -0.870. The van der Waals surface area contributed by atoms with Crippen LogP contribution in [0.5, 0.6) is 0 Å². The number of phosphoric ester groups is 1. The minimum Gasteiger partial charge on any atom is -0.462 e. The molecule has 0 radical (unpaired) electrons. The molecule has 0 aliphatic rings. The van der Waals surface area contributed by atoms with Gasteiger partial charge in [-0.1, -0.05) is 294 Å². The molecule has 0 aromatic rings. The maximum Gasteiger partial charge on any atom is 0.472 e. The van der Waals surface area contributed by atoms with E-state index in [1.807, 2.05) is 21.1 Å². The van der Waals surface area contributed by atoms with Crippen LogP contribution in [0.15, 0.2) is 48.6 Å². The number of hydrogen-bond donors (Lipinski definition) is 1. The molecule has 2 atom stereocenters. The number of likely N-dealkylation sites (N-methyl/N-ethyl adjacent to an activating group) is 1. The van der Waals surface area contributed by atoms with Gasteiger partial charge >= 0.3 is 19.8 Å². The predicted molar refractivity (Wildman–Crippen MR) is 326 cm³/mol. The van der Waals surface area contributed by atoms with E-state index in [1.165, 1.54) is 205 Å². The second kappa shape index (κ2) is 57.6. The number of quaternary nitrogens is 1. The number of phosphoric acid groups is 1. The number of hydrogen-bond acceptors (Lipinski definition) is 7. The Hall–Kier alpha value is -2.03. The molecule has 0 spiro atoms. The predicted octanol–water partition coefficient (Wildman–Crippen LogP) is 20.5. The van der Waals surface area contributed by atoms with E-state index in [-0.39, 0.29) is 25.6 Å². The van der Waals surface area contributed by atoms with Crippen molar-refractivity contribution in [2.24, 2.45) is 0 Å². The van der Waals surface area contributed by atoms with Crippen LogP contribution in [0.25, 0.3) is 0 Å². The number of carbonyl (C=O) groups is 2. The third-order valence-corrected chi connectivity index (χ3v) is 15.4. The SMILES string of the molecule is CC/C=C\C/C=C\C/C=C\C/C=C\CCCCCCCCCCCCC(=O)OC(COC(=O)CCCCCCCCCCCCCCCCCCCCCCCCCCCCCCC)COP(=O)(O)OCC[N+](C)(C)C. The molecule has 0 bridgehead atoms. The van der Waals surface area contributed by atoms with Gasteiger partial charge in [0.1, 0.15) is 19.8 Å². The fraction of sp³-hybridized carbons (Fsp3) is 0.848. The van der Waals surface area contributed by atoms with E-state index in [1.54, 1.807) is 0 Å². The summed E-state index contributed by atoms with van der Waals surface area (Å²) in [7, 11) is 1.48. The molecule has 0 saturated carbocycles. The summed E-state index contributed by atoms with van der Waals surface area (Å²) in [6, 6.07) is 0.